The molecule has 0 saturated heterocycles. The first-order valence-electron chi connectivity index (χ1n) is 4.59. The van der Waals surface area contributed by atoms with E-state index in [0.29, 0.717) is 6.04 Å². The molecular weight excluding hydrogens is 228 g/mol. The lowest BCUT2D eigenvalue weighted by Gasteiger charge is -2.22. The van der Waals surface area contributed by atoms with Gasteiger partial charge in [0.25, 0.3) is 0 Å². The van der Waals surface area contributed by atoms with Crippen molar-refractivity contribution in [1.82, 2.24) is 4.98 Å². The predicted octanol–water partition coefficient (Wildman–Crippen LogP) is 2.62. The average Bonchev–Trinajstić information content (AvgIpc) is 2.46. The number of nitrogens with zero attached hydrogens (tertiary/aromatic N) is 2. The van der Waals surface area contributed by atoms with Gasteiger partial charge in [-0.2, -0.15) is 0 Å². The number of aromatic nitrogens is 1. The molecule has 2 rings (SSSR count). The highest BCUT2D eigenvalue weighted by Gasteiger charge is 2.22. The molecule has 0 spiro atoms. The maximum absolute atomic E-state index is 4.44. The second-order valence-corrected chi connectivity index (χ2v) is 4.59. The molecule has 0 atom stereocenters. The number of hydrogen-bond donors (Lipinski definition) is 0. The Morgan fingerprint density at radius 2 is 2.31 bits per heavy atom. The van der Waals surface area contributed by atoms with Crippen molar-refractivity contribution in [2.24, 2.45) is 0 Å². The van der Waals surface area contributed by atoms with Crippen LogP contribution in [0.5, 0.6) is 0 Å². The summed E-state index contributed by atoms with van der Waals surface area (Å²) >= 11 is 3.44. The zero-order valence-electron chi connectivity index (χ0n) is 7.92. The van der Waals surface area contributed by atoms with Crippen LogP contribution in [0, 0.1) is 0 Å². The Labute approximate surface area is 87.1 Å². The van der Waals surface area contributed by atoms with E-state index in [1.165, 1.54) is 11.4 Å². The van der Waals surface area contributed by atoms with E-state index in [1.54, 1.807) is 0 Å². The zero-order valence-corrected chi connectivity index (χ0v) is 9.50. The summed E-state index contributed by atoms with van der Waals surface area (Å²) in [6.07, 6.45) is 3.00. The number of halogens is 1. The Hall–Kier alpha value is -0.570. The Bertz CT molecular complexity index is 323. The van der Waals surface area contributed by atoms with E-state index >= 15 is 0 Å². The van der Waals surface area contributed by atoms with Crippen LogP contribution >= 0.6 is 15.9 Å². The van der Waals surface area contributed by atoms with Gasteiger partial charge in [-0.3, -0.25) is 0 Å². The van der Waals surface area contributed by atoms with E-state index in [9.17, 15) is 0 Å². The molecule has 70 valence electrons. The normalized spacial score (nSPS) is 15.2. The molecular formula is C10H13BrN2. The maximum atomic E-state index is 4.44. The van der Waals surface area contributed by atoms with Gasteiger partial charge >= 0.3 is 0 Å². The second kappa shape index (κ2) is 3.29. The van der Waals surface area contributed by atoms with Crippen LogP contribution in [0.15, 0.2) is 16.7 Å². The maximum Gasteiger partial charge on any atom is 0.132 e. The van der Waals surface area contributed by atoms with E-state index in [1.807, 2.05) is 6.20 Å². The molecule has 2 heterocycles. The van der Waals surface area contributed by atoms with Crippen LogP contribution in [-0.4, -0.2) is 17.6 Å². The van der Waals surface area contributed by atoms with Gasteiger partial charge in [-0.15, -0.1) is 0 Å². The van der Waals surface area contributed by atoms with Crippen molar-refractivity contribution in [3.8, 4) is 0 Å². The molecule has 0 aliphatic carbocycles. The van der Waals surface area contributed by atoms with Crippen LogP contribution in [0.2, 0.25) is 0 Å². The standard InChI is InChI=1S/C10H13BrN2/c1-7(2)13-4-3-8-5-9(11)6-12-10(8)13/h5-7H,3-4H2,1-2H3. The number of fused-ring (bicyclic) bond motifs is 1. The number of rotatable bonds is 1. The second-order valence-electron chi connectivity index (χ2n) is 3.67. The fraction of sp³-hybridized carbons (Fsp3) is 0.500. The first-order chi connectivity index (χ1) is 6.18. The van der Waals surface area contributed by atoms with E-state index in [-0.39, 0.29) is 0 Å². The van der Waals surface area contributed by atoms with Crippen molar-refractivity contribution in [3.05, 3.63) is 22.3 Å². The lowest BCUT2D eigenvalue weighted by atomic mass is 10.2. The molecule has 0 aromatic carbocycles. The first kappa shape index (κ1) is 9.00. The van der Waals surface area contributed by atoms with Gasteiger partial charge in [-0.25, -0.2) is 4.98 Å². The highest BCUT2D eigenvalue weighted by molar-refractivity contribution is 9.10. The van der Waals surface area contributed by atoms with Crippen molar-refractivity contribution in [1.29, 1.82) is 0 Å². The average molecular weight is 241 g/mol. The van der Waals surface area contributed by atoms with Crippen molar-refractivity contribution < 1.29 is 0 Å². The minimum atomic E-state index is 0.551. The zero-order chi connectivity index (χ0) is 9.42. The fourth-order valence-electron chi connectivity index (χ4n) is 1.77. The van der Waals surface area contributed by atoms with Gasteiger partial charge < -0.3 is 4.90 Å². The van der Waals surface area contributed by atoms with E-state index in [0.717, 1.165) is 17.4 Å². The summed E-state index contributed by atoms with van der Waals surface area (Å²) in [4.78, 5) is 6.79. The minimum absolute atomic E-state index is 0.551. The SMILES string of the molecule is CC(C)N1CCc2cc(Br)cnc21. The van der Waals surface area contributed by atoms with Crippen LogP contribution < -0.4 is 4.90 Å². The van der Waals surface area contributed by atoms with Crippen molar-refractivity contribution >= 4 is 21.7 Å². The van der Waals surface area contributed by atoms with Crippen molar-refractivity contribution in [3.63, 3.8) is 0 Å². The summed E-state index contributed by atoms with van der Waals surface area (Å²) in [5.74, 6) is 1.16. The molecule has 0 saturated carbocycles. The highest BCUT2D eigenvalue weighted by atomic mass is 79.9. The smallest absolute Gasteiger partial charge is 0.132 e. The van der Waals surface area contributed by atoms with E-state index in [4.69, 9.17) is 0 Å². The third-order valence-corrected chi connectivity index (χ3v) is 2.86. The van der Waals surface area contributed by atoms with Crippen LogP contribution in [0.3, 0.4) is 0 Å². The first-order valence-corrected chi connectivity index (χ1v) is 5.39. The minimum Gasteiger partial charge on any atom is -0.354 e. The third kappa shape index (κ3) is 1.57. The Kier molecular flexibility index (Phi) is 2.28. The summed E-state index contributed by atoms with van der Waals surface area (Å²) in [5.41, 5.74) is 1.36. The van der Waals surface area contributed by atoms with Crippen molar-refractivity contribution in [2.45, 2.75) is 26.3 Å². The Balaban J connectivity index is 2.38. The number of hydrogen-bond acceptors (Lipinski definition) is 2. The van der Waals surface area contributed by atoms with Gasteiger partial charge in [0.05, 0.1) is 0 Å². The molecule has 0 amide bonds. The molecule has 0 bridgehead atoms. The molecule has 13 heavy (non-hydrogen) atoms. The molecule has 1 aliphatic heterocycles. The highest BCUT2D eigenvalue weighted by Crippen LogP contribution is 2.28. The Morgan fingerprint density at radius 1 is 1.54 bits per heavy atom. The van der Waals surface area contributed by atoms with Gasteiger partial charge in [0.15, 0.2) is 0 Å². The van der Waals surface area contributed by atoms with Gasteiger partial charge in [-0.05, 0) is 47.8 Å². The van der Waals surface area contributed by atoms with Gasteiger partial charge in [0.1, 0.15) is 5.82 Å². The lowest BCUT2D eigenvalue weighted by molar-refractivity contribution is 0.703. The number of anilines is 1. The molecule has 1 aliphatic rings. The third-order valence-electron chi connectivity index (χ3n) is 2.43. The molecule has 1 aromatic rings. The molecule has 0 fully saturated rings. The lowest BCUT2D eigenvalue weighted by Crippen LogP contribution is -2.28. The molecule has 1 aromatic heterocycles. The van der Waals surface area contributed by atoms with Gasteiger partial charge in [-0.1, -0.05) is 0 Å². The number of pyridine rings is 1. The van der Waals surface area contributed by atoms with Gasteiger partial charge in [0, 0.05) is 23.3 Å². The molecule has 0 N–H and O–H groups in total. The topological polar surface area (TPSA) is 16.1 Å². The summed E-state index contributed by atoms with van der Waals surface area (Å²) in [6.45, 7) is 5.52. The van der Waals surface area contributed by atoms with Crippen molar-refractivity contribution in [2.75, 3.05) is 11.4 Å². The van der Waals surface area contributed by atoms with Crippen LogP contribution in [0.1, 0.15) is 19.4 Å². The molecule has 0 radical (unpaired) electrons. The van der Waals surface area contributed by atoms with Gasteiger partial charge in [0.2, 0.25) is 0 Å². The fourth-order valence-corrected chi connectivity index (χ4v) is 2.14. The summed E-state index contributed by atoms with van der Waals surface area (Å²) in [6, 6.07) is 2.72. The van der Waals surface area contributed by atoms with Crippen LogP contribution in [0.25, 0.3) is 0 Å². The summed E-state index contributed by atoms with van der Waals surface area (Å²) in [7, 11) is 0. The van der Waals surface area contributed by atoms with Crippen LogP contribution in [0.4, 0.5) is 5.82 Å². The molecule has 0 unspecified atom stereocenters. The quantitative estimate of drug-likeness (QED) is 0.751. The summed E-state index contributed by atoms with van der Waals surface area (Å²) in [5, 5.41) is 0. The summed E-state index contributed by atoms with van der Waals surface area (Å²) < 4.78 is 1.08. The monoisotopic (exact) mass is 240 g/mol. The molecule has 3 heteroatoms. The van der Waals surface area contributed by atoms with E-state index < -0.39 is 0 Å². The largest absolute Gasteiger partial charge is 0.354 e. The molecule has 2 nitrogen and oxygen atoms in total. The van der Waals surface area contributed by atoms with E-state index in [2.05, 4.69) is 45.7 Å². The van der Waals surface area contributed by atoms with Crippen LogP contribution in [-0.2, 0) is 6.42 Å². The Morgan fingerprint density at radius 3 is 3.00 bits per heavy atom. The predicted molar refractivity (Wildman–Crippen MR) is 58.1 cm³/mol.